The first-order valence-corrected chi connectivity index (χ1v) is 12.8. The quantitative estimate of drug-likeness (QED) is 0.0787. The van der Waals surface area contributed by atoms with Crippen LogP contribution >= 0.6 is 11.8 Å². The Morgan fingerprint density at radius 1 is 0.694 bits per heavy atom. The molecular weight excluding hydrogens is 474 g/mol. The summed E-state index contributed by atoms with van der Waals surface area (Å²) in [6, 6.07) is 19.7. The van der Waals surface area contributed by atoms with Crippen molar-refractivity contribution in [2.75, 3.05) is 6.61 Å². The van der Waals surface area contributed by atoms with E-state index in [1.807, 2.05) is 5.40 Å². The number of ether oxygens (including phenoxy) is 3. The highest BCUT2D eigenvalue weighted by atomic mass is 32.2. The zero-order valence-electron chi connectivity index (χ0n) is 20.3. The minimum absolute atomic E-state index is 0.317. The number of rotatable bonds is 13. The van der Waals surface area contributed by atoms with Crippen molar-refractivity contribution in [1.29, 1.82) is 5.26 Å². The summed E-state index contributed by atoms with van der Waals surface area (Å²) in [5.41, 5.74) is 0.723. The summed E-state index contributed by atoms with van der Waals surface area (Å²) in [7, 11) is 0. The van der Waals surface area contributed by atoms with Crippen molar-refractivity contribution in [2.24, 2.45) is 0 Å². The SMILES string of the molecule is CCCCCCCCOc1ccc(C(=O)Oc2ccc(C(=O)Oc3ccc(SC#N)cc3)cc2)cc1. The van der Waals surface area contributed by atoms with Crippen LogP contribution in [0.5, 0.6) is 17.2 Å². The molecule has 0 N–H and O–H groups in total. The van der Waals surface area contributed by atoms with E-state index in [2.05, 4.69) is 6.92 Å². The van der Waals surface area contributed by atoms with Crippen molar-refractivity contribution in [3.8, 4) is 22.6 Å². The van der Waals surface area contributed by atoms with Crippen molar-refractivity contribution in [3.63, 3.8) is 0 Å². The molecule has 0 unspecified atom stereocenters. The Balaban J connectivity index is 1.45. The van der Waals surface area contributed by atoms with Gasteiger partial charge in [0.2, 0.25) is 0 Å². The minimum atomic E-state index is -0.537. The monoisotopic (exact) mass is 503 g/mol. The second-order valence-corrected chi connectivity index (χ2v) is 8.97. The predicted molar refractivity (Wildman–Crippen MR) is 140 cm³/mol. The zero-order valence-corrected chi connectivity index (χ0v) is 21.1. The van der Waals surface area contributed by atoms with Gasteiger partial charge in [-0.1, -0.05) is 39.0 Å². The lowest BCUT2D eigenvalue weighted by atomic mass is 10.1. The van der Waals surface area contributed by atoms with Crippen LogP contribution < -0.4 is 14.2 Å². The van der Waals surface area contributed by atoms with Crippen molar-refractivity contribution in [1.82, 2.24) is 0 Å². The van der Waals surface area contributed by atoms with E-state index in [9.17, 15) is 9.59 Å². The summed E-state index contributed by atoms with van der Waals surface area (Å²) in [5.74, 6) is 0.379. The van der Waals surface area contributed by atoms with Gasteiger partial charge in [-0.15, -0.1) is 0 Å². The molecule has 186 valence electrons. The van der Waals surface area contributed by atoms with Crippen LogP contribution in [0, 0.1) is 10.7 Å². The standard InChI is InChI=1S/C29H29NO5S/c1-2-3-4-5-6-7-20-33-24-12-8-22(9-13-24)28(31)34-25-14-10-23(11-15-25)29(32)35-26-16-18-27(19-17-26)36-21-30/h8-19H,2-7,20H2,1H3. The fourth-order valence-electron chi connectivity index (χ4n) is 3.38. The number of nitriles is 1. The summed E-state index contributed by atoms with van der Waals surface area (Å²) in [6.45, 7) is 2.87. The largest absolute Gasteiger partial charge is 0.494 e. The van der Waals surface area contributed by atoms with Crippen LogP contribution in [0.25, 0.3) is 0 Å². The lowest BCUT2D eigenvalue weighted by Gasteiger charge is -2.08. The van der Waals surface area contributed by atoms with Gasteiger partial charge in [-0.3, -0.25) is 0 Å². The zero-order chi connectivity index (χ0) is 25.6. The number of carbonyl (C=O) groups is 2. The molecule has 3 aromatic rings. The third-order valence-electron chi connectivity index (χ3n) is 5.35. The number of thioether (sulfide) groups is 1. The van der Waals surface area contributed by atoms with Gasteiger partial charge in [0.25, 0.3) is 0 Å². The molecule has 36 heavy (non-hydrogen) atoms. The molecule has 0 aliphatic rings. The normalized spacial score (nSPS) is 10.3. The van der Waals surface area contributed by atoms with Gasteiger partial charge < -0.3 is 14.2 Å². The Morgan fingerprint density at radius 3 is 1.69 bits per heavy atom. The first kappa shape index (κ1) is 26.8. The van der Waals surface area contributed by atoms with Gasteiger partial charge in [0.15, 0.2) is 0 Å². The van der Waals surface area contributed by atoms with E-state index < -0.39 is 11.9 Å². The number of unbranched alkanes of at least 4 members (excludes halogenated alkanes) is 5. The second kappa shape index (κ2) is 14.6. The van der Waals surface area contributed by atoms with Gasteiger partial charge in [0.05, 0.1) is 17.7 Å². The molecular formula is C29H29NO5S. The molecule has 0 saturated heterocycles. The smallest absolute Gasteiger partial charge is 0.343 e. The van der Waals surface area contributed by atoms with Crippen LogP contribution in [0.3, 0.4) is 0 Å². The van der Waals surface area contributed by atoms with Crippen LogP contribution in [0.2, 0.25) is 0 Å². The van der Waals surface area contributed by atoms with Crippen LogP contribution in [0.15, 0.2) is 77.7 Å². The Morgan fingerprint density at radius 2 is 1.17 bits per heavy atom. The number of benzene rings is 3. The van der Waals surface area contributed by atoms with Crippen molar-refractivity contribution < 1.29 is 23.8 Å². The van der Waals surface area contributed by atoms with Crippen LogP contribution in [-0.2, 0) is 0 Å². The van der Waals surface area contributed by atoms with E-state index in [0.29, 0.717) is 29.2 Å². The molecule has 3 rings (SSSR count). The van der Waals surface area contributed by atoms with E-state index in [0.717, 1.165) is 35.2 Å². The lowest BCUT2D eigenvalue weighted by molar-refractivity contribution is 0.0730. The first-order chi connectivity index (χ1) is 17.6. The van der Waals surface area contributed by atoms with Crippen LogP contribution in [0.1, 0.15) is 66.2 Å². The minimum Gasteiger partial charge on any atom is -0.494 e. The fourth-order valence-corrected chi connectivity index (χ4v) is 3.76. The molecule has 0 aliphatic carbocycles. The van der Waals surface area contributed by atoms with Gasteiger partial charge >= 0.3 is 11.9 Å². The maximum atomic E-state index is 12.5. The highest BCUT2D eigenvalue weighted by molar-refractivity contribution is 8.03. The highest BCUT2D eigenvalue weighted by Gasteiger charge is 2.12. The number of nitrogens with zero attached hydrogens (tertiary/aromatic N) is 1. The summed E-state index contributed by atoms with van der Waals surface area (Å²) >= 11 is 1.03. The molecule has 0 atom stereocenters. The van der Waals surface area contributed by atoms with Gasteiger partial charge in [0, 0.05) is 4.90 Å². The number of esters is 2. The molecule has 6 nitrogen and oxygen atoms in total. The van der Waals surface area contributed by atoms with E-state index in [1.54, 1.807) is 60.7 Å². The summed E-state index contributed by atoms with van der Waals surface area (Å²) in [5, 5.41) is 10.7. The average Bonchev–Trinajstić information content (AvgIpc) is 2.90. The second-order valence-electron chi connectivity index (χ2n) is 8.11. The number of hydrogen-bond acceptors (Lipinski definition) is 7. The average molecular weight is 504 g/mol. The first-order valence-electron chi connectivity index (χ1n) is 12.0. The Labute approximate surface area is 216 Å². The molecule has 0 saturated carbocycles. The van der Waals surface area contributed by atoms with Gasteiger partial charge in [-0.25, -0.2) is 9.59 Å². The van der Waals surface area contributed by atoms with Crippen molar-refractivity contribution in [3.05, 3.63) is 83.9 Å². The van der Waals surface area contributed by atoms with E-state index >= 15 is 0 Å². The number of hydrogen-bond donors (Lipinski definition) is 0. The Kier molecular flexibility index (Phi) is 10.9. The Bertz CT molecular complexity index is 1150. The molecule has 0 aliphatic heterocycles. The van der Waals surface area contributed by atoms with Crippen LogP contribution in [0.4, 0.5) is 0 Å². The molecule has 0 spiro atoms. The van der Waals surface area contributed by atoms with Gasteiger partial charge in [-0.05, 0) is 91.0 Å². The highest BCUT2D eigenvalue weighted by Crippen LogP contribution is 2.22. The molecule has 0 radical (unpaired) electrons. The van der Waals surface area contributed by atoms with Gasteiger partial charge in [0.1, 0.15) is 22.6 Å². The summed E-state index contributed by atoms with van der Waals surface area (Å²) in [6.07, 6.45) is 7.23. The third-order valence-corrected chi connectivity index (χ3v) is 5.95. The maximum absolute atomic E-state index is 12.5. The summed E-state index contributed by atoms with van der Waals surface area (Å²) in [4.78, 5) is 25.6. The molecule has 0 heterocycles. The van der Waals surface area contributed by atoms with Crippen molar-refractivity contribution >= 4 is 23.7 Å². The lowest BCUT2D eigenvalue weighted by Crippen LogP contribution is -2.10. The predicted octanol–water partition coefficient (Wildman–Crippen LogP) is 7.44. The number of carbonyl (C=O) groups excluding carboxylic acids is 2. The van der Waals surface area contributed by atoms with E-state index in [4.69, 9.17) is 19.5 Å². The maximum Gasteiger partial charge on any atom is 0.343 e. The van der Waals surface area contributed by atoms with E-state index in [-0.39, 0.29) is 0 Å². The fraction of sp³-hybridized carbons (Fsp3) is 0.276. The summed E-state index contributed by atoms with van der Waals surface area (Å²) < 4.78 is 16.5. The topological polar surface area (TPSA) is 85.6 Å². The molecule has 3 aromatic carbocycles. The molecule has 0 aromatic heterocycles. The molecule has 7 heteroatoms. The van der Waals surface area contributed by atoms with E-state index in [1.165, 1.54) is 37.8 Å². The molecule has 0 bridgehead atoms. The molecule has 0 amide bonds. The van der Waals surface area contributed by atoms with Gasteiger partial charge in [-0.2, -0.15) is 5.26 Å². The molecule has 0 fully saturated rings. The van der Waals surface area contributed by atoms with Crippen LogP contribution in [-0.4, -0.2) is 18.5 Å². The number of thiocyanates is 1. The van der Waals surface area contributed by atoms with Crippen molar-refractivity contribution in [2.45, 2.75) is 50.3 Å². The third kappa shape index (κ3) is 8.79. The Hall–Kier alpha value is -3.76.